The zero-order valence-electron chi connectivity index (χ0n) is 17.2. The van der Waals surface area contributed by atoms with Crippen molar-refractivity contribution in [2.24, 2.45) is 5.73 Å². The van der Waals surface area contributed by atoms with Crippen molar-refractivity contribution in [2.45, 2.75) is 19.4 Å². The monoisotopic (exact) mass is 442 g/mol. The lowest BCUT2D eigenvalue weighted by Gasteiger charge is -2.05. The van der Waals surface area contributed by atoms with Crippen LogP contribution in [0.2, 0.25) is 0 Å². The minimum absolute atomic E-state index is 0.185. The topological polar surface area (TPSA) is 92.5 Å². The molecule has 0 saturated heterocycles. The summed E-state index contributed by atoms with van der Waals surface area (Å²) in [5.41, 5.74) is 10.0. The lowest BCUT2D eigenvalue weighted by atomic mass is 10.1. The number of hydrogen-bond donors (Lipinski definition) is 3. The number of nitrogens with two attached hydrogens (primary N) is 1. The van der Waals surface area contributed by atoms with Crippen LogP contribution in [0, 0.1) is 17.7 Å². The quantitative estimate of drug-likeness (QED) is 0.350. The van der Waals surface area contributed by atoms with Crippen molar-refractivity contribution in [3.8, 4) is 11.8 Å². The maximum Gasteiger partial charge on any atom is 0.151 e. The van der Waals surface area contributed by atoms with Gasteiger partial charge in [-0.05, 0) is 48.9 Å². The fourth-order valence-electron chi connectivity index (χ4n) is 3.39. The molecule has 0 fully saturated rings. The molecule has 4 N–H and O–H groups in total. The minimum Gasteiger partial charge on any atom is -0.342 e. The third-order valence-corrected chi connectivity index (χ3v) is 5.84. The van der Waals surface area contributed by atoms with E-state index < -0.39 is 0 Å². The van der Waals surface area contributed by atoms with Gasteiger partial charge < -0.3 is 16.0 Å². The first-order chi connectivity index (χ1) is 15.5. The fraction of sp³-hybridized carbons (Fsp3) is 0.125. The second-order valence-electron chi connectivity index (χ2n) is 7.45. The molecule has 0 amide bonds. The number of rotatable bonds is 4. The molecule has 0 radical (unpaired) electrons. The molecule has 0 spiro atoms. The number of aromatic nitrogens is 4. The Morgan fingerprint density at radius 3 is 2.91 bits per heavy atom. The van der Waals surface area contributed by atoms with Crippen molar-refractivity contribution in [3.05, 3.63) is 76.9 Å². The van der Waals surface area contributed by atoms with Crippen molar-refractivity contribution >= 4 is 44.1 Å². The third-order valence-electron chi connectivity index (χ3n) is 4.79. The molecule has 1 atom stereocenters. The van der Waals surface area contributed by atoms with Gasteiger partial charge in [-0.1, -0.05) is 24.0 Å². The lowest BCUT2D eigenvalue weighted by molar-refractivity contribution is 0.626. The van der Waals surface area contributed by atoms with E-state index in [9.17, 15) is 4.39 Å². The van der Waals surface area contributed by atoms with Gasteiger partial charge in [0.15, 0.2) is 5.82 Å². The summed E-state index contributed by atoms with van der Waals surface area (Å²) in [6.45, 7) is 1.85. The summed E-state index contributed by atoms with van der Waals surface area (Å²) in [4.78, 5) is 17.6. The Morgan fingerprint density at radius 2 is 2.06 bits per heavy atom. The van der Waals surface area contributed by atoms with E-state index in [1.165, 1.54) is 29.8 Å². The Kier molecular flexibility index (Phi) is 5.27. The molecule has 3 aromatic heterocycles. The average molecular weight is 443 g/mol. The van der Waals surface area contributed by atoms with E-state index in [1.807, 2.05) is 37.3 Å². The van der Waals surface area contributed by atoms with Gasteiger partial charge in [0.05, 0.1) is 32.2 Å². The van der Waals surface area contributed by atoms with Gasteiger partial charge in [0.25, 0.3) is 0 Å². The van der Waals surface area contributed by atoms with Crippen LogP contribution in [0.3, 0.4) is 0 Å². The summed E-state index contributed by atoms with van der Waals surface area (Å²) in [6, 6.07) is 14.2. The molecular formula is C24H19FN6S. The van der Waals surface area contributed by atoms with Gasteiger partial charge in [0.2, 0.25) is 0 Å². The van der Waals surface area contributed by atoms with E-state index in [2.05, 4.69) is 37.1 Å². The molecule has 2 aromatic carbocycles. The standard InChI is InChI=1S/C24H19FN6S/c1-14(26)5-7-18-12-21-23(32-18)24(28-13-27-21)29-17-6-8-19-20(11-17)31-22(30-19)10-15-3-2-4-16(25)9-15/h2-4,6,8-9,11-14H,10,26H2,1H3,(H,30,31)(H,27,28,29)/t14-/m1/s1. The zero-order chi connectivity index (χ0) is 22.1. The average Bonchev–Trinajstić information content (AvgIpc) is 3.35. The summed E-state index contributed by atoms with van der Waals surface area (Å²) in [7, 11) is 0. The Morgan fingerprint density at radius 1 is 1.16 bits per heavy atom. The summed E-state index contributed by atoms with van der Waals surface area (Å²) in [6.07, 6.45) is 2.06. The number of nitrogens with zero attached hydrogens (tertiary/aromatic N) is 3. The van der Waals surface area contributed by atoms with Crippen LogP contribution in [0.4, 0.5) is 15.9 Å². The van der Waals surface area contributed by atoms with Crippen LogP contribution in [-0.4, -0.2) is 26.0 Å². The number of H-pyrrole nitrogens is 1. The van der Waals surface area contributed by atoms with Gasteiger partial charge in [-0.15, -0.1) is 11.3 Å². The zero-order valence-corrected chi connectivity index (χ0v) is 18.0. The largest absolute Gasteiger partial charge is 0.342 e. The number of thiophene rings is 1. The molecule has 32 heavy (non-hydrogen) atoms. The van der Waals surface area contributed by atoms with Gasteiger partial charge in [-0.2, -0.15) is 0 Å². The van der Waals surface area contributed by atoms with Gasteiger partial charge in [0, 0.05) is 12.1 Å². The van der Waals surface area contributed by atoms with Crippen molar-refractivity contribution in [3.63, 3.8) is 0 Å². The first-order valence-corrected chi connectivity index (χ1v) is 10.9. The number of nitrogens with one attached hydrogen (secondary N) is 2. The van der Waals surface area contributed by atoms with Crippen LogP contribution in [0.1, 0.15) is 23.2 Å². The Bertz CT molecular complexity index is 1490. The maximum absolute atomic E-state index is 13.5. The molecule has 0 aliphatic carbocycles. The highest BCUT2D eigenvalue weighted by molar-refractivity contribution is 7.20. The van der Waals surface area contributed by atoms with E-state index >= 15 is 0 Å². The molecule has 5 aromatic rings. The number of fused-ring (bicyclic) bond motifs is 2. The van der Waals surface area contributed by atoms with Gasteiger partial charge in [-0.25, -0.2) is 19.3 Å². The number of hydrogen-bond acceptors (Lipinski definition) is 6. The number of imidazole rings is 1. The van der Waals surface area contributed by atoms with Gasteiger partial charge >= 0.3 is 0 Å². The van der Waals surface area contributed by atoms with Crippen molar-refractivity contribution in [2.75, 3.05) is 5.32 Å². The van der Waals surface area contributed by atoms with Crippen LogP contribution in [-0.2, 0) is 6.42 Å². The second kappa shape index (κ2) is 8.38. The van der Waals surface area contributed by atoms with E-state index in [0.29, 0.717) is 12.2 Å². The van der Waals surface area contributed by atoms with Gasteiger partial charge in [-0.3, -0.25) is 0 Å². The Balaban J connectivity index is 1.42. The molecule has 0 saturated carbocycles. The van der Waals surface area contributed by atoms with Crippen LogP contribution in [0.25, 0.3) is 21.3 Å². The highest BCUT2D eigenvalue weighted by Gasteiger charge is 2.10. The van der Waals surface area contributed by atoms with Crippen LogP contribution in [0.5, 0.6) is 0 Å². The summed E-state index contributed by atoms with van der Waals surface area (Å²) in [5.74, 6) is 7.30. The molecule has 0 aliphatic heterocycles. The van der Waals surface area contributed by atoms with Crippen LogP contribution in [0.15, 0.2) is 54.9 Å². The SMILES string of the molecule is C[C@@H](N)C#Cc1cc2ncnc(Nc3ccc4[nH]c(Cc5cccc(F)c5)nc4c3)c2s1. The summed E-state index contributed by atoms with van der Waals surface area (Å²) in [5, 5.41) is 3.37. The molecule has 0 unspecified atom stereocenters. The van der Waals surface area contributed by atoms with Crippen molar-refractivity contribution in [1.29, 1.82) is 0 Å². The van der Waals surface area contributed by atoms with E-state index in [4.69, 9.17) is 5.73 Å². The van der Waals surface area contributed by atoms with Gasteiger partial charge in [0.1, 0.15) is 18.0 Å². The highest BCUT2D eigenvalue weighted by atomic mass is 32.1. The molecule has 0 aliphatic rings. The number of halogens is 1. The van der Waals surface area contributed by atoms with Crippen LogP contribution >= 0.6 is 11.3 Å². The second-order valence-corrected chi connectivity index (χ2v) is 8.50. The molecule has 0 bridgehead atoms. The Labute approximate surface area is 187 Å². The first kappa shape index (κ1) is 20.1. The molecule has 158 valence electrons. The number of anilines is 2. The molecule has 3 heterocycles. The summed E-state index contributed by atoms with van der Waals surface area (Å²) >= 11 is 1.53. The lowest BCUT2D eigenvalue weighted by Crippen LogP contribution is -2.10. The van der Waals surface area contributed by atoms with E-state index in [-0.39, 0.29) is 11.9 Å². The van der Waals surface area contributed by atoms with Crippen LogP contribution < -0.4 is 11.1 Å². The smallest absolute Gasteiger partial charge is 0.151 e. The van der Waals surface area contributed by atoms with E-state index in [1.54, 1.807) is 6.07 Å². The predicted molar refractivity (Wildman–Crippen MR) is 127 cm³/mol. The molecule has 8 heteroatoms. The normalized spacial score (nSPS) is 12.0. The fourth-order valence-corrected chi connectivity index (χ4v) is 4.30. The first-order valence-electron chi connectivity index (χ1n) is 10.1. The van der Waals surface area contributed by atoms with Crippen molar-refractivity contribution < 1.29 is 4.39 Å². The molecule has 6 nitrogen and oxygen atoms in total. The van der Waals surface area contributed by atoms with Crippen molar-refractivity contribution in [1.82, 2.24) is 19.9 Å². The predicted octanol–water partition coefficient (Wildman–Crippen LogP) is 4.74. The minimum atomic E-state index is -0.249. The number of aromatic amines is 1. The van der Waals surface area contributed by atoms with E-state index in [0.717, 1.165) is 43.2 Å². The molecular weight excluding hydrogens is 423 g/mol. The Hall–Kier alpha value is -3.80. The number of benzene rings is 2. The molecule has 5 rings (SSSR count). The highest BCUT2D eigenvalue weighted by Crippen LogP contribution is 2.31. The third kappa shape index (κ3) is 4.30. The maximum atomic E-state index is 13.5. The summed E-state index contributed by atoms with van der Waals surface area (Å²) < 4.78 is 14.4.